The summed E-state index contributed by atoms with van der Waals surface area (Å²) < 4.78 is 2.73. The average molecular weight is 523 g/mol. The zero-order valence-corrected chi connectivity index (χ0v) is 18.4. The number of nitrogens with one attached hydrogen (secondary N) is 1. The van der Waals surface area contributed by atoms with Crippen LogP contribution in [0.4, 0.5) is 5.69 Å². The van der Waals surface area contributed by atoms with Gasteiger partial charge in [-0.1, -0.05) is 51.8 Å². The van der Waals surface area contributed by atoms with Crippen molar-refractivity contribution in [2.45, 2.75) is 0 Å². The maximum absolute atomic E-state index is 12.8. The normalized spacial score (nSPS) is 10.9. The Labute approximate surface area is 181 Å². The van der Waals surface area contributed by atoms with Gasteiger partial charge in [0.05, 0.1) is 26.5 Å². The molecule has 0 aliphatic heterocycles. The quantitative estimate of drug-likeness (QED) is 0.305. The molecule has 27 heavy (non-hydrogen) atoms. The van der Waals surface area contributed by atoms with Crippen molar-refractivity contribution in [2.24, 2.45) is 0 Å². The molecular formula is C20H11Br2ClN2OS. The van der Waals surface area contributed by atoms with Crippen LogP contribution in [0.3, 0.4) is 0 Å². The summed E-state index contributed by atoms with van der Waals surface area (Å²) in [5.41, 5.74) is 2.83. The fourth-order valence-corrected chi connectivity index (χ4v) is 5.22. The number of amides is 1. The van der Waals surface area contributed by atoms with Crippen LogP contribution < -0.4 is 5.32 Å². The molecule has 4 rings (SSSR count). The SMILES string of the molecule is O=C(Nc1c(Br)cc(Br)cc1-c1nc2ccccc2s1)c1ccccc1Cl. The van der Waals surface area contributed by atoms with E-state index in [0.717, 1.165) is 29.7 Å². The molecular weight excluding hydrogens is 512 g/mol. The molecule has 0 atom stereocenters. The molecule has 1 N–H and O–H groups in total. The number of hydrogen-bond donors (Lipinski definition) is 1. The first-order valence-corrected chi connectivity index (χ1v) is 10.7. The molecule has 0 fully saturated rings. The van der Waals surface area contributed by atoms with E-state index >= 15 is 0 Å². The molecule has 1 amide bonds. The third kappa shape index (κ3) is 3.80. The second-order valence-corrected chi connectivity index (χ2v) is 8.94. The van der Waals surface area contributed by atoms with E-state index in [9.17, 15) is 4.79 Å². The van der Waals surface area contributed by atoms with Gasteiger partial charge < -0.3 is 5.32 Å². The van der Waals surface area contributed by atoms with E-state index < -0.39 is 0 Å². The summed E-state index contributed by atoms with van der Waals surface area (Å²) in [6.07, 6.45) is 0. The molecule has 1 aromatic heterocycles. The first-order valence-electron chi connectivity index (χ1n) is 7.94. The molecule has 0 unspecified atom stereocenters. The molecule has 0 radical (unpaired) electrons. The summed E-state index contributed by atoms with van der Waals surface area (Å²) in [6.45, 7) is 0. The van der Waals surface area contributed by atoms with Crippen LogP contribution in [-0.4, -0.2) is 10.9 Å². The predicted octanol–water partition coefficient (Wildman–Crippen LogP) is 7.39. The van der Waals surface area contributed by atoms with E-state index in [0.29, 0.717) is 16.3 Å². The predicted molar refractivity (Wildman–Crippen MR) is 120 cm³/mol. The molecule has 1 heterocycles. The lowest BCUT2D eigenvalue weighted by Crippen LogP contribution is -2.13. The Morgan fingerprint density at radius 2 is 1.78 bits per heavy atom. The lowest BCUT2D eigenvalue weighted by Gasteiger charge is -2.13. The number of anilines is 1. The van der Waals surface area contributed by atoms with Gasteiger partial charge in [0.2, 0.25) is 0 Å². The highest BCUT2D eigenvalue weighted by molar-refractivity contribution is 9.11. The highest BCUT2D eigenvalue weighted by Crippen LogP contribution is 2.40. The standard InChI is InChI=1S/C20H11Br2ClN2OS/c21-11-9-13(20-24-16-7-3-4-8-17(16)27-20)18(14(22)10-11)25-19(26)12-5-1-2-6-15(12)23/h1-10H,(H,25,26). The zero-order valence-electron chi connectivity index (χ0n) is 13.7. The van der Waals surface area contributed by atoms with Gasteiger partial charge in [-0.15, -0.1) is 11.3 Å². The van der Waals surface area contributed by atoms with Gasteiger partial charge >= 0.3 is 0 Å². The van der Waals surface area contributed by atoms with Crippen molar-refractivity contribution in [3.63, 3.8) is 0 Å². The topological polar surface area (TPSA) is 42.0 Å². The number of thiazole rings is 1. The Hall–Kier alpha value is -1.73. The van der Waals surface area contributed by atoms with E-state index in [1.54, 1.807) is 35.6 Å². The molecule has 134 valence electrons. The molecule has 3 aromatic carbocycles. The molecule has 0 saturated carbocycles. The van der Waals surface area contributed by atoms with Gasteiger partial charge in [0.15, 0.2) is 0 Å². The van der Waals surface area contributed by atoms with Crippen LogP contribution in [0, 0.1) is 0 Å². The molecule has 0 bridgehead atoms. The van der Waals surface area contributed by atoms with Crippen LogP contribution in [0.25, 0.3) is 20.8 Å². The van der Waals surface area contributed by atoms with Gasteiger partial charge in [0, 0.05) is 14.5 Å². The molecule has 4 aromatic rings. The Balaban J connectivity index is 1.81. The van der Waals surface area contributed by atoms with E-state index in [2.05, 4.69) is 37.2 Å². The van der Waals surface area contributed by atoms with E-state index in [1.165, 1.54) is 0 Å². The second kappa shape index (κ2) is 7.72. The number of carbonyl (C=O) groups excluding carboxylic acids is 1. The van der Waals surface area contributed by atoms with Crippen molar-refractivity contribution in [1.29, 1.82) is 0 Å². The summed E-state index contributed by atoms with van der Waals surface area (Å²) in [4.78, 5) is 17.5. The fourth-order valence-electron chi connectivity index (χ4n) is 2.68. The number of carbonyl (C=O) groups is 1. The van der Waals surface area contributed by atoms with Crippen LogP contribution in [0.1, 0.15) is 10.4 Å². The number of fused-ring (bicyclic) bond motifs is 1. The summed E-state index contributed by atoms with van der Waals surface area (Å²) in [7, 11) is 0. The lowest BCUT2D eigenvalue weighted by molar-refractivity contribution is 0.102. The number of nitrogens with zero attached hydrogens (tertiary/aromatic N) is 1. The summed E-state index contributed by atoms with van der Waals surface area (Å²) in [5.74, 6) is -0.272. The maximum atomic E-state index is 12.8. The minimum absolute atomic E-state index is 0.272. The fraction of sp³-hybridized carbons (Fsp3) is 0. The third-order valence-corrected chi connectivity index (χ3v) is 6.42. The molecule has 0 aliphatic rings. The lowest BCUT2D eigenvalue weighted by atomic mass is 10.1. The molecule has 3 nitrogen and oxygen atoms in total. The largest absolute Gasteiger partial charge is 0.320 e. The van der Waals surface area contributed by atoms with Gasteiger partial charge in [-0.3, -0.25) is 4.79 Å². The van der Waals surface area contributed by atoms with Crippen LogP contribution in [0.5, 0.6) is 0 Å². The monoisotopic (exact) mass is 520 g/mol. The van der Waals surface area contributed by atoms with Crippen molar-refractivity contribution in [2.75, 3.05) is 5.32 Å². The molecule has 0 aliphatic carbocycles. The van der Waals surface area contributed by atoms with Crippen molar-refractivity contribution < 1.29 is 4.79 Å². The molecule has 0 saturated heterocycles. The van der Waals surface area contributed by atoms with Gasteiger partial charge in [-0.2, -0.15) is 0 Å². The average Bonchev–Trinajstić information content (AvgIpc) is 3.08. The third-order valence-electron chi connectivity index (χ3n) is 3.94. The van der Waals surface area contributed by atoms with Crippen molar-refractivity contribution >= 4 is 76.6 Å². The van der Waals surface area contributed by atoms with Crippen LogP contribution in [0.15, 0.2) is 69.6 Å². The smallest absolute Gasteiger partial charge is 0.257 e. The van der Waals surface area contributed by atoms with Gasteiger partial charge in [-0.05, 0) is 52.3 Å². The number of hydrogen-bond acceptors (Lipinski definition) is 3. The van der Waals surface area contributed by atoms with Gasteiger partial charge in [0.1, 0.15) is 5.01 Å². The minimum Gasteiger partial charge on any atom is -0.320 e. The van der Waals surface area contributed by atoms with E-state index in [1.807, 2.05) is 36.4 Å². The Morgan fingerprint density at radius 3 is 2.56 bits per heavy atom. The van der Waals surface area contributed by atoms with Gasteiger partial charge in [-0.25, -0.2) is 4.98 Å². The summed E-state index contributed by atoms with van der Waals surface area (Å²) >= 11 is 14.8. The Bertz CT molecular complexity index is 1140. The van der Waals surface area contributed by atoms with Crippen LogP contribution in [0.2, 0.25) is 5.02 Å². The summed E-state index contributed by atoms with van der Waals surface area (Å²) in [6, 6.07) is 18.8. The second-order valence-electron chi connectivity index (χ2n) is 5.73. The van der Waals surface area contributed by atoms with Crippen LogP contribution >= 0.6 is 54.8 Å². The maximum Gasteiger partial charge on any atom is 0.257 e. The number of para-hydroxylation sites is 1. The first kappa shape index (κ1) is 18.6. The Kier molecular flexibility index (Phi) is 5.32. The highest BCUT2D eigenvalue weighted by Gasteiger charge is 2.18. The number of benzene rings is 3. The number of halogens is 3. The van der Waals surface area contributed by atoms with Crippen molar-refractivity contribution in [1.82, 2.24) is 4.98 Å². The van der Waals surface area contributed by atoms with E-state index in [4.69, 9.17) is 16.6 Å². The van der Waals surface area contributed by atoms with Gasteiger partial charge in [0.25, 0.3) is 5.91 Å². The summed E-state index contributed by atoms with van der Waals surface area (Å²) in [5, 5.41) is 4.22. The number of aromatic nitrogens is 1. The highest BCUT2D eigenvalue weighted by atomic mass is 79.9. The van der Waals surface area contributed by atoms with Crippen molar-refractivity contribution in [3.8, 4) is 10.6 Å². The van der Waals surface area contributed by atoms with Crippen molar-refractivity contribution in [3.05, 3.63) is 80.2 Å². The number of rotatable bonds is 3. The minimum atomic E-state index is -0.272. The first-order chi connectivity index (χ1) is 13.0. The Morgan fingerprint density at radius 1 is 1.04 bits per heavy atom. The molecule has 0 spiro atoms. The van der Waals surface area contributed by atoms with Crippen LogP contribution in [-0.2, 0) is 0 Å². The zero-order chi connectivity index (χ0) is 19.0. The molecule has 7 heteroatoms. The van der Waals surface area contributed by atoms with E-state index in [-0.39, 0.29) is 5.91 Å².